The summed E-state index contributed by atoms with van der Waals surface area (Å²) in [7, 11) is 0. The molecule has 4 heteroatoms. The number of piperidine rings is 1. The van der Waals surface area contributed by atoms with E-state index in [1.165, 1.54) is 0 Å². The summed E-state index contributed by atoms with van der Waals surface area (Å²) in [4.78, 5) is 16.1. The Labute approximate surface area is 102 Å². The van der Waals surface area contributed by atoms with Gasteiger partial charge >= 0.3 is 0 Å². The Morgan fingerprint density at radius 1 is 1.65 bits per heavy atom. The van der Waals surface area contributed by atoms with Gasteiger partial charge in [0.2, 0.25) is 5.91 Å². The monoisotopic (exact) mass is 233 g/mol. The lowest BCUT2D eigenvalue weighted by atomic mass is 10.1. The van der Waals surface area contributed by atoms with Gasteiger partial charge in [-0.25, -0.2) is 0 Å². The quantitative estimate of drug-likeness (QED) is 0.812. The average molecular weight is 233 g/mol. The molecule has 1 aliphatic rings. The summed E-state index contributed by atoms with van der Waals surface area (Å²) in [6.45, 7) is 3.93. The van der Waals surface area contributed by atoms with Gasteiger partial charge in [-0.05, 0) is 37.9 Å². The minimum absolute atomic E-state index is 0.0699. The van der Waals surface area contributed by atoms with Crippen LogP contribution in [0.5, 0.6) is 0 Å². The Morgan fingerprint density at radius 2 is 2.53 bits per heavy atom. The van der Waals surface area contributed by atoms with Crippen molar-refractivity contribution in [2.24, 2.45) is 0 Å². The molecule has 2 heterocycles. The number of hydrogen-bond acceptors (Lipinski definition) is 3. The molecule has 0 aromatic carbocycles. The lowest BCUT2D eigenvalue weighted by Gasteiger charge is -2.23. The average Bonchev–Trinajstić information content (AvgIpc) is 2.33. The van der Waals surface area contributed by atoms with Crippen LogP contribution in [0.3, 0.4) is 0 Å². The van der Waals surface area contributed by atoms with Gasteiger partial charge in [-0.3, -0.25) is 9.78 Å². The maximum absolute atomic E-state index is 11.9. The van der Waals surface area contributed by atoms with Gasteiger partial charge in [0.15, 0.2) is 0 Å². The van der Waals surface area contributed by atoms with E-state index in [9.17, 15) is 4.79 Å². The SMILES string of the molecule is Cc1cccnc1CC(=O)N[C@H]1CCCNC1. The molecule has 4 nitrogen and oxygen atoms in total. The van der Waals surface area contributed by atoms with Crippen LogP contribution in [0.1, 0.15) is 24.1 Å². The zero-order chi connectivity index (χ0) is 12.1. The lowest BCUT2D eigenvalue weighted by molar-refractivity contribution is -0.121. The number of hydrogen-bond donors (Lipinski definition) is 2. The highest BCUT2D eigenvalue weighted by Crippen LogP contribution is 2.05. The predicted molar refractivity (Wildman–Crippen MR) is 66.7 cm³/mol. The number of carbonyl (C=O) groups is 1. The summed E-state index contributed by atoms with van der Waals surface area (Å²) >= 11 is 0. The zero-order valence-electron chi connectivity index (χ0n) is 10.2. The maximum atomic E-state index is 11.9. The Bertz CT molecular complexity index is 386. The molecule has 1 aromatic rings. The third-order valence-electron chi connectivity index (χ3n) is 3.11. The first kappa shape index (κ1) is 12.0. The number of carbonyl (C=O) groups excluding carboxylic acids is 1. The molecule has 0 saturated carbocycles. The summed E-state index contributed by atoms with van der Waals surface area (Å²) < 4.78 is 0. The van der Waals surface area contributed by atoms with Gasteiger partial charge in [-0.1, -0.05) is 6.07 Å². The highest BCUT2D eigenvalue weighted by atomic mass is 16.1. The van der Waals surface area contributed by atoms with Crippen LogP contribution < -0.4 is 10.6 Å². The smallest absolute Gasteiger partial charge is 0.226 e. The first-order valence-corrected chi connectivity index (χ1v) is 6.16. The Balaban J connectivity index is 1.86. The number of amides is 1. The van der Waals surface area contributed by atoms with Crippen molar-refractivity contribution in [3.05, 3.63) is 29.6 Å². The fourth-order valence-corrected chi connectivity index (χ4v) is 2.11. The molecule has 0 radical (unpaired) electrons. The van der Waals surface area contributed by atoms with Crippen molar-refractivity contribution in [3.63, 3.8) is 0 Å². The molecule has 0 aliphatic carbocycles. The molecule has 0 spiro atoms. The van der Waals surface area contributed by atoms with Crippen LogP contribution in [0.15, 0.2) is 18.3 Å². The van der Waals surface area contributed by atoms with Crippen LogP contribution in [0.2, 0.25) is 0 Å². The molecule has 17 heavy (non-hydrogen) atoms. The topological polar surface area (TPSA) is 54.0 Å². The Morgan fingerprint density at radius 3 is 3.24 bits per heavy atom. The first-order chi connectivity index (χ1) is 8.25. The predicted octanol–water partition coefficient (Wildman–Crippen LogP) is 0.801. The molecule has 0 bridgehead atoms. The molecule has 1 aromatic heterocycles. The number of aromatic nitrogens is 1. The number of nitrogens with zero attached hydrogens (tertiary/aromatic N) is 1. The fourth-order valence-electron chi connectivity index (χ4n) is 2.11. The minimum atomic E-state index is 0.0699. The number of aryl methyl sites for hydroxylation is 1. The number of rotatable bonds is 3. The maximum Gasteiger partial charge on any atom is 0.226 e. The van der Waals surface area contributed by atoms with Crippen LogP contribution in [0, 0.1) is 6.92 Å². The van der Waals surface area contributed by atoms with Crippen molar-refractivity contribution in [2.75, 3.05) is 13.1 Å². The molecule has 1 atom stereocenters. The molecule has 1 amide bonds. The summed E-state index contributed by atoms with van der Waals surface area (Å²) in [6.07, 6.45) is 4.31. The Kier molecular flexibility index (Phi) is 4.09. The van der Waals surface area contributed by atoms with Gasteiger partial charge in [0.25, 0.3) is 0 Å². The molecule has 0 unspecified atom stereocenters. The highest BCUT2D eigenvalue weighted by molar-refractivity contribution is 5.78. The van der Waals surface area contributed by atoms with Gasteiger partial charge < -0.3 is 10.6 Å². The molecular weight excluding hydrogens is 214 g/mol. The van der Waals surface area contributed by atoms with Crippen LogP contribution >= 0.6 is 0 Å². The van der Waals surface area contributed by atoms with E-state index in [-0.39, 0.29) is 11.9 Å². The van der Waals surface area contributed by atoms with Gasteiger partial charge in [0.05, 0.1) is 12.1 Å². The van der Waals surface area contributed by atoms with E-state index in [2.05, 4.69) is 15.6 Å². The van der Waals surface area contributed by atoms with Gasteiger partial charge in [-0.15, -0.1) is 0 Å². The number of nitrogens with one attached hydrogen (secondary N) is 2. The van der Waals surface area contributed by atoms with Crippen LogP contribution in [-0.4, -0.2) is 30.0 Å². The number of pyridine rings is 1. The van der Waals surface area contributed by atoms with E-state index >= 15 is 0 Å². The molecule has 2 rings (SSSR count). The molecule has 92 valence electrons. The fraction of sp³-hybridized carbons (Fsp3) is 0.538. The van der Waals surface area contributed by atoms with E-state index in [0.29, 0.717) is 6.42 Å². The van der Waals surface area contributed by atoms with Crippen LogP contribution in [0.4, 0.5) is 0 Å². The second-order valence-electron chi connectivity index (χ2n) is 4.55. The standard InChI is InChI=1S/C13H19N3O/c1-10-4-2-7-15-12(10)8-13(17)16-11-5-3-6-14-9-11/h2,4,7,11,14H,3,5-6,8-9H2,1H3,(H,16,17)/t11-/m0/s1. The van der Waals surface area contributed by atoms with Crippen molar-refractivity contribution in [3.8, 4) is 0 Å². The third-order valence-corrected chi connectivity index (χ3v) is 3.11. The van der Waals surface area contributed by atoms with E-state index in [1.54, 1.807) is 6.20 Å². The molecule has 1 aliphatic heterocycles. The minimum Gasteiger partial charge on any atom is -0.352 e. The summed E-state index contributed by atoms with van der Waals surface area (Å²) in [5.74, 6) is 0.0699. The molecule has 1 saturated heterocycles. The largest absolute Gasteiger partial charge is 0.352 e. The van der Waals surface area contributed by atoms with Crippen molar-refractivity contribution < 1.29 is 4.79 Å². The second-order valence-corrected chi connectivity index (χ2v) is 4.55. The van der Waals surface area contributed by atoms with Crippen molar-refractivity contribution in [1.29, 1.82) is 0 Å². The second kappa shape index (κ2) is 5.77. The summed E-state index contributed by atoms with van der Waals surface area (Å²) in [5.41, 5.74) is 1.94. The van der Waals surface area contributed by atoms with Gasteiger partial charge in [0.1, 0.15) is 0 Å². The third kappa shape index (κ3) is 3.53. The van der Waals surface area contributed by atoms with E-state index in [1.807, 2.05) is 19.1 Å². The molecule has 2 N–H and O–H groups in total. The van der Waals surface area contributed by atoms with Gasteiger partial charge in [0, 0.05) is 18.8 Å². The zero-order valence-corrected chi connectivity index (χ0v) is 10.2. The normalized spacial score (nSPS) is 19.9. The summed E-state index contributed by atoms with van der Waals surface area (Å²) in [6, 6.07) is 4.15. The van der Waals surface area contributed by atoms with Crippen LogP contribution in [-0.2, 0) is 11.2 Å². The van der Waals surface area contributed by atoms with Crippen molar-refractivity contribution >= 4 is 5.91 Å². The first-order valence-electron chi connectivity index (χ1n) is 6.16. The Hall–Kier alpha value is -1.42. The molecular formula is C13H19N3O. The van der Waals surface area contributed by atoms with E-state index in [0.717, 1.165) is 37.2 Å². The van der Waals surface area contributed by atoms with E-state index < -0.39 is 0 Å². The van der Waals surface area contributed by atoms with E-state index in [4.69, 9.17) is 0 Å². The molecule has 1 fully saturated rings. The van der Waals surface area contributed by atoms with Crippen molar-refractivity contribution in [2.45, 2.75) is 32.2 Å². The van der Waals surface area contributed by atoms with Crippen molar-refractivity contribution in [1.82, 2.24) is 15.6 Å². The highest BCUT2D eigenvalue weighted by Gasteiger charge is 2.15. The van der Waals surface area contributed by atoms with Crippen LogP contribution in [0.25, 0.3) is 0 Å². The summed E-state index contributed by atoms with van der Waals surface area (Å²) in [5, 5.41) is 6.34. The lowest BCUT2D eigenvalue weighted by Crippen LogP contribution is -2.46. The van der Waals surface area contributed by atoms with Gasteiger partial charge in [-0.2, -0.15) is 0 Å².